The van der Waals surface area contributed by atoms with E-state index in [9.17, 15) is 9.59 Å². The molecule has 0 saturated carbocycles. The first-order chi connectivity index (χ1) is 11.7. The lowest BCUT2D eigenvalue weighted by Gasteiger charge is -2.14. The SMILES string of the molecule is C=CC(=O)OCc1ccccc1-c1ccccc1COC(=O)C=C. The van der Waals surface area contributed by atoms with E-state index in [0.29, 0.717) is 0 Å². The average molecular weight is 322 g/mol. The van der Waals surface area contributed by atoms with Gasteiger partial charge < -0.3 is 9.47 Å². The number of esters is 2. The van der Waals surface area contributed by atoms with Gasteiger partial charge in [-0.2, -0.15) is 0 Å². The number of benzene rings is 2. The molecule has 0 fully saturated rings. The summed E-state index contributed by atoms with van der Waals surface area (Å²) >= 11 is 0. The number of carbonyl (C=O) groups excluding carboxylic acids is 2. The van der Waals surface area contributed by atoms with Crippen molar-refractivity contribution in [3.63, 3.8) is 0 Å². The van der Waals surface area contributed by atoms with Crippen LogP contribution < -0.4 is 0 Å². The van der Waals surface area contributed by atoms with Gasteiger partial charge in [0.05, 0.1) is 0 Å². The molecule has 0 amide bonds. The van der Waals surface area contributed by atoms with Gasteiger partial charge in [0.25, 0.3) is 0 Å². The quantitative estimate of drug-likeness (QED) is 0.574. The Labute approximate surface area is 141 Å². The van der Waals surface area contributed by atoms with E-state index < -0.39 is 11.9 Å². The second kappa shape index (κ2) is 8.48. The third-order valence-corrected chi connectivity index (χ3v) is 3.40. The van der Waals surface area contributed by atoms with Crippen molar-refractivity contribution in [3.8, 4) is 11.1 Å². The highest BCUT2D eigenvalue weighted by Crippen LogP contribution is 2.28. The van der Waals surface area contributed by atoms with Crippen molar-refractivity contribution < 1.29 is 19.1 Å². The van der Waals surface area contributed by atoms with Gasteiger partial charge in [-0.15, -0.1) is 0 Å². The largest absolute Gasteiger partial charge is 0.458 e. The first-order valence-corrected chi connectivity index (χ1v) is 7.40. The summed E-state index contributed by atoms with van der Waals surface area (Å²) in [5.41, 5.74) is 3.55. The molecule has 0 bridgehead atoms. The van der Waals surface area contributed by atoms with Crippen LogP contribution in [0, 0.1) is 0 Å². The fraction of sp³-hybridized carbons (Fsp3) is 0.100. The van der Waals surface area contributed by atoms with Gasteiger partial charge in [-0.25, -0.2) is 9.59 Å². The van der Waals surface area contributed by atoms with Gasteiger partial charge in [0.15, 0.2) is 0 Å². The van der Waals surface area contributed by atoms with Crippen LogP contribution in [-0.2, 0) is 32.3 Å². The fourth-order valence-corrected chi connectivity index (χ4v) is 2.23. The molecule has 0 saturated heterocycles. The van der Waals surface area contributed by atoms with Gasteiger partial charge in [0.2, 0.25) is 0 Å². The molecule has 0 heterocycles. The van der Waals surface area contributed by atoms with Gasteiger partial charge in [-0.3, -0.25) is 0 Å². The van der Waals surface area contributed by atoms with Crippen LogP contribution in [0.2, 0.25) is 0 Å². The predicted molar refractivity (Wildman–Crippen MR) is 91.9 cm³/mol. The van der Waals surface area contributed by atoms with Crippen LogP contribution in [0.5, 0.6) is 0 Å². The Hall–Kier alpha value is -3.14. The normalized spacial score (nSPS) is 9.83. The van der Waals surface area contributed by atoms with E-state index in [1.54, 1.807) is 0 Å². The highest BCUT2D eigenvalue weighted by Gasteiger charge is 2.11. The Bertz CT molecular complexity index is 696. The lowest BCUT2D eigenvalue weighted by Crippen LogP contribution is -2.04. The zero-order valence-electron chi connectivity index (χ0n) is 13.2. The van der Waals surface area contributed by atoms with Crippen LogP contribution >= 0.6 is 0 Å². The fourth-order valence-electron chi connectivity index (χ4n) is 2.23. The van der Waals surface area contributed by atoms with E-state index >= 15 is 0 Å². The molecule has 24 heavy (non-hydrogen) atoms. The zero-order chi connectivity index (χ0) is 17.4. The molecule has 0 radical (unpaired) electrons. The molecule has 4 nitrogen and oxygen atoms in total. The van der Waals surface area contributed by atoms with E-state index in [4.69, 9.17) is 9.47 Å². The molecule has 2 aromatic rings. The Morgan fingerprint density at radius 1 is 0.750 bits per heavy atom. The van der Waals surface area contributed by atoms with Crippen molar-refractivity contribution in [3.05, 3.63) is 85.0 Å². The molecular formula is C20H18O4. The highest BCUT2D eigenvalue weighted by molar-refractivity contribution is 5.82. The molecule has 0 atom stereocenters. The van der Waals surface area contributed by atoms with E-state index in [0.717, 1.165) is 34.4 Å². The third kappa shape index (κ3) is 4.43. The first kappa shape index (κ1) is 17.2. The Kier molecular flexibility index (Phi) is 6.08. The third-order valence-electron chi connectivity index (χ3n) is 3.40. The van der Waals surface area contributed by atoms with Crippen LogP contribution in [0.15, 0.2) is 73.8 Å². The number of carbonyl (C=O) groups is 2. The Morgan fingerprint density at radius 2 is 1.12 bits per heavy atom. The standard InChI is InChI=1S/C20H18O4/c1-3-19(21)23-13-15-9-5-7-11-17(15)18-12-8-6-10-16(18)14-24-20(22)4-2/h3-12H,1-2,13-14H2. The van der Waals surface area contributed by atoms with Crippen molar-refractivity contribution in [2.24, 2.45) is 0 Å². The van der Waals surface area contributed by atoms with E-state index in [-0.39, 0.29) is 13.2 Å². The second-order valence-electron chi connectivity index (χ2n) is 4.94. The molecule has 0 N–H and O–H groups in total. The lowest BCUT2D eigenvalue weighted by molar-refractivity contribution is -0.139. The summed E-state index contributed by atoms with van der Waals surface area (Å²) in [4.78, 5) is 22.6. The van der Waals surface area contributed by atoms with Gasteiger partial charge >= 0.3 is 11.9 Å². The maximum absolute atomic E-state index is 11.3. The van der Waals surface area contributed by atoms with Crippen molar-refractivity contribution in [2.75, 3.05) is 0 Å². The van der Waals surface area contributed by atoms with Gasteiger partial charge in [0.1, 0.15) is 13.2 Å². The minimum absolute atomic E-state index is 0.141. The molecular weight excluding hydrogens is 304 g/mol. The highest BCUT2D eigenvalue weighted by atomic mass is 16.5. The summed E-state index contributed by atoms with van der Waals surface area (Å²) in [6.07, 6.45) is 2.26. The summed E-state index contributed by atoms with van der Waals surface area (Å²) in [6.45, 7) is 7.05. The van der Waals surface area contributed by atoms with Gasteiger partial charge in [-0.1, -0.05) is 61.7 Å². The average Bonchev–Trinajstić information content (AvgIpc) is 2.64. The lowest BCUT2D eigenvalue weighted by atomic mass is 9.96. The van der Waals surface area contributed by atoms with Gasteiger partial charge in [0, 0.05) is 12.2 Å². The van der Waals surface area contributed by atoms with Crippen molar-refractivity contribution in [1.82, 2.24) is 0 Å². The first-order valence-electron chi connectivity index (χ1n) is 7.40. The number of hydrogen-bond acceptors (Lipinski definition) is 4. The van der Waals surface area contributed by atoms with E-state index in [2.05, 4.69) is 13.2 Å². The number of rotatable bonds is 7. The molecule has 0 aliphatic rings. The summed E-state index contributed by atoms with van der Waals surface area (Å²) in [6, 6.07) is 15.2. The molecule has 4 heteroatoms. The minimum Gasteiger partial charge on any atom is -0.458 e. The smallest absolute Gasteiger partial charge is 0.330 e. The van der Waals surface area contributed by atoms with Crippen LogP contribution in [-0.4, -0.2) is 11.9 Å². The minimum atomic E-state index is -0.474. The van der Waals surface area contributed by atoms with Crippen LogP contribution in [0.1, 0.15) is 11.1 Å². The topological polar surface area (TPSA) is 52.6 Å². The molecule has 0 aromatic heterocycles. The monoisotopic (exact) mass is 322 g/mol. The van der Waals surface area contributed by atoms with Crippen LogP contribution in [0.4, 0.5) is 0 Å². The van der Waals surface area contributed by atoms with E-state index in [1.807, 2.05) is 48.5 Å². The molecule has 0 unspecified atom stereocenters. The molecule has 0 spiro atoms. The summed E-state index contributed by atoms with van der Waals surface area (Å²) in [7, 11) is 0. The van der Waals surface area contributed by atoms with Crippen LogP contribution in [0.25, 0.3) is 11.1 Å². The maximum Gasteiger partial charge on any atom is 0.330 e. The molecule has 0 aliphatic heterocycles. The Balaban J connectivity index is 2.31. The maximum atomic E-state index is 11.3. The molecule has 122 valence electrons. The summed E-state index contributed by atoms with van der Waals surface area (Å²) in [5.74, 6) is -0.948. The zero-order valence-corrected chi connectivity index (χ0v) is 13.2. The van der Waals surface area contributed by atoms with Crippen molar-refractivity contribution in [1.29, 1.82) is 0 Å². The van der Waals surface area contributed by atoms with Crippen molar-refractivity contribution >= 4 is 11.9 Å². The van der Waals surface area contributed by atoms with Crippen LogP contribution in [0.3, 0.4) is 0 Å². The van der Waals surface area contributed by atoms with Gasteiger partial charge in [-0.05, 0) is 22.3 Å². The Morgan fingerprint density at radius 3 is 1.50 bits per heavy atom. The molecule has 2 aromatic carbocycles. The summed E-state index contributed by atoms with van der Waals surface area (Å²) < 4.78 is 10.3. The molecule has 2 rings (SSSR count). The predicted octanol–water partition coefficient (Wildman–Crippen LogP) is 3.81. The van der Waals surface area contributed by atoms with E-state index in [1.165, 1.54) is 0 Å². The second-order valence-corrected chi connectivity index (χ2v) is 4.94. The number of hydrogen-bond donors (Lipinski definition) is 0. The van der Waals surface area contributed by atoms with Crippen molar-refractivity contribution in [2.45, 2.75) is 13.2 Å². The summed E-state index contributed by atoms with van der Waals surface area (Å²) in [5, 5.41) is 0. The number of ether oxygens (including phenoxy) is 2. The molecule has 0 aliphatic carbocycles.